The largest absolute Gasteiger partial charge is 0.481 e. The second-order valence-corrected chi connectivity index (χ2v) is 7.33. The molecule has 0 radical (unpaired) electrons. The molecule has 0 unspecified atom stereocenters. The van der Waals surface area contributed by atoms with Crippen molar-refractivity contribution in [3.8, 4) is 0 Å². The maximum atomic E-state index is 10.5. The molecule has 0 bridgehead atoms. The monoisotopic (exact) mass is 358 g/mol. The Morgan fingerprint density at radius 2 is 1.38 bits per heavy atom. The zero-order chi connectivity index (χ0) is 18.4. The van der Waals surface area contributed by atoms with Crippen molar-refractivity contribution in [1.82, 2.24) is 0 Å². The fourth-order valence-corrected chi connectivity index (χ4v) is 2.60. The van der Waals surface area contributed by atoms with Crippen LogP contribution < -0.4 is 0 Å². The summed E-state index contributed by atoms with van der Waals surface area (Å²) in [7, 11) is -4.02. The normalized spacial score (nSPS) is 10.8. The molecule has 0 heterocycles. The minimum atomic E-state index is -4.02. The number of benzene rings is 1. The molecular weight excluding hydrogens is 328 g/mol. The molecule has 0 aliphatic rings. The fraction of sp³-hybridized carbons (Fsp3) is 0.611. The first kappa shape index (κ1) is 22.6. The molecule has 0 saturated carbocycles. The number of aryl methyl sites for hydroxylation is 1. The lowest BCUT2D eigenvalue weighted by molar-refractivity contribution is -0.137. The molecule has 1 aromatic rings. The number of rotatable bonds is 10. The van der Waals surface area contributed by atoms with Crippen LogP contribution >= 0.6 is 0 Å². The van der Waals surface area contributed by atoms with Gasteiger partial charge in [0.2, 0.25) is 0 Å². The Morgan fingerprint density at radius 3 is 1.79 bits per heavy atom. The number of carbonyl (C=O) groups is 1. The van der Waals surface area contributed by atoms with E-state index in [4.69, 9.17) is 9.66 Å². The molecule has 138 valence electrons. The molecule has 5 nitrogen and oxygen atoms in total. The predicted octanol–water partition coefficient (Wildman–Crippen LogP) is 4.84. The summed E-state index contributed by atoms with van der Waals surface area (Å²) >= 11 is 0. The van der Waals surface area contributed by atoms with Gasteiger partial charge in [-0.15, -0.1) is 0 Å². The molecule has 6 heteroatoms. The summed E-state index contributed by atoms with van der Waals surface area (Å²) in [5.74, 6) is -0.661. The SMILES string of the molecule is CCCCCCCCCCC(=O)O.Cc1ccc(S(=O)(=O)O)cc1. The molecule has 0 aromatic heterocycles. The Labute approximate surface area is 145 Å². The van der Waals surface area contributed by atoms with Gasteiger partial charge in [-0.1, -0.05) is 69.6 Å². The smallest absolute Gasteiger partial charge is 0.303 e. The van der Waals surface area contributed by atoms with E-state index < -0.39 is 16.1 Å². The van der Waals surface area contributed by atoms with Crippen molar-refractivity contribution in [2.24, 2.45) is 0 Å². The molecule has 0 spiro atoms. The van der Waals surface area contributed by atoms with Crippen LogP contribution in [0.25, 0.3) is 0 Å². The van der Waals surface area contributed by atoms with Crippen molar-refractivity contribution in [2.45, 2.75) is 76.5 Å². The predicted molar refractivity (Wildman–Crippen MR) is 95.9 cm³/mol. The third-order valence-corrected chi connectivity index (χ3v) is 4.43. The van der Waals surface area contributed by atoms with Crippen LogP contribution in [0, 0.1) is 6.92 Å². The van der Waals surface area contributed by atoms with E-state index in [1.807, 2.05) is 6.92 Å². The van der Waals surface area contributed by atoms with Crippen molar-refractivity contribution >= 4 is 16.1 Å². The number of hydrogen-bond donors (Lipinski definition) is 2. The summed E-state index contributed by atoms with van der Waals surface area (Å²) in [4.78, 5) is 10.1. The highest BCUT2D eigenvalue weighted by Crippen LogP contribution is 2.09. The van der Waals surface area contributed by atoms with Gasteiger partial charge in [0.05, 0.1) is 4.90 Å². The van der Waals surface area contributed by atoms with E-state index in [2.05, 4.69) is 6.92 Å². The van der Waals surface area contributed by atoms with Crippen LogP contribution in [0.5, 0.6) is 0 Å². The quantitative estimate of drug-likeness (QED) is 0.461. The summed E-state index contributed by atoms with van der Waals surface area (Å²) in [6.07, 6.45) is 10.1. The molecule has 0 atom stereocenters. The van der Waals surface area contributed by atoms with E-state index in [0.29, 0.717) is 6.42 Å². The molecule has 0 aliphatic heterocycles. The lowest BCUT2D eigenvalue weighted by Gasteiger charge is -1.99. The van der Waals surface area contributed by atoms with E-state index in [-0.39, 0.29) is 4.90 Å². The van der Waals surface area contributed by atoms with Crippen LogP contribution in [0.3, 0.4) is 0 Å². The molecule has 2 N–H and O–H groups in total. The Kier molecular flexibility index (Phi) is 12.2. The second-order valence-electron chi connectivity index (χ2n) is 5.91. The van der Waals surface area contributed by atoms with Gasteiger partial charge in [-0.2, -0.15) is 8.42 Å². The van der Waals surface area contributed by atoms with E-state index in [0.717, 1.165) is 18.4 Å². The second kappa shape index (κ2) is 13.0. The number of unbranched alkanes of at least 4 members (excludes halogenated alkanes) is 7. The minimum Gasteiger partial charge on any atom is -0.481 e. The number of aliphatic carboxylic acids is 1. The maximum Gasteiger partial charge on any atom is 0.303 e. The van der Waals surface area contributed by atoms with Crippen LogP contribution in [0.15, 0.2) is 29.2 Å². The van der Waals surface area contributed by atoms with Crippen molar-refractivity contribution in [1.29, 1.82) is 0 Å². The topological polar surface area (TPSA) is 91.7 Å². The van der Waals surface area contributed by atoms with Gasteiger partial charge in [-0.3, -0.25) is 9.35 Å². The van der Waals surface area contributed by atoms with Gasteiger partial charge in [0.1, 0.15) is 0 Å². The molecule has 0 fully saturated rings. The summed E-state index contributed by atoms with van der Waals surface area (Å²) < 4.78 is 29.6. The summed E-state index contributed by atoms with van der Waals surface area (Å²) in [5.41, 5.74) is 0.956. The highest BCUT2D eigenvalue weighted by molar-refractivity contribution is 7.85. The first-order chi connectivity index (χ1) is 11.3. The van der Waals surface area contributed by atoms with Crippen LogP contribution in [0.2, 0.25) is 0 Å². The first-order valence-electron chi connectivity index (χ1n) is 8.53. The van der Waals surface area contributed by atoms with Gasteiger partial charge in [0, 0.05) is 6.42 Å². The molecule has 1 aromatic carbocycles. The van der Waals surface area contributed by atoms with Crippen LogP contribution in [0.4, 0.5) is 0 Å². The molecular formula is C18H30O5S. The van der Waals surface area contributed by atoms with Gasteiger partial charge in [-0.25, -0.2) is 0 Å². The van der Waals surface area contributed by atoms with Gasteiger partial charge >= 0.3 is 5.97 Å². The van der Waals surface area contributed by atoms with E-state index in [1.165, 1.54) is 50.7 Å². The minimum absolute atomic E-state index is 0.0666. The lowest BCUT2D eigenvalue weighted by atomic mass is 10.1. The van der Waals surface area contributed by atoms with Crippen LogP contribution in [-0.4, -0.2) is 24.0 Å². The van der Waals surface area contributed by atoms with Crippen molar-refractivity contribution in [3.05, 3.63) is 29.8 Å². The van der Waals surface area contributed by atoms with Crippen LogP contribution in [0.1, 0.15) is 70.3 Å². The average Bonchev–Trinajstić information content (AvgIpc) is 2.50. The standard InChI is InChI=1S/C11H22O2.C7H8O3S/c1-2-3-4-5-6-7-8-9-10-11(12)13;1-6-2-4-7(5-3-6)11(8,9)10/h2-10H2,1H3,(H,12,13);2-5H,1H3,(H,8,9,10). The van der Waals surface area contributed by atoms with Crippen LogP contribution in [-0.2, 0) is 14.9 Å². The Morgan fingerprint density at radius 1 is 0.917 bits per heavy atom. The summed E-state index contributed by atoms with van der Waals surface area (Å²) in [6.45, 7) is 4.06. The zero-order valence-electron chi connectivity index (χ0n) is 14.7. The van der Waals surface area contributed by atoms with E-state index in [9.17, 15) is 13.2 Å². The molecule has 24 heavy (non-hydrogen) atoms. The Hall–Kier alpha value is -1.40. The third-order valence-electron chi connectivity index (χ3n) is 3.56. The molecule has 1 rings (SSSR count). The lowest BCUT2D eigenvalue weighted by Crippen LogP contribution is -1.96. The number of carboxylic acids is 1. The molecule has 0 aliphatic carbocycles. The Bertz CT molecular complexity index is 549. The van der Waals surface area contributed by atoms with E-state index >= 15 is 0 Å². The molecule has 0 saturated heterocycles. The van der Waals surface area contributed by atoms with Gasteiger partial charge in [0.25, 0.3) is 10.1 Å². The van der Waals surface area contributed by atoms with Crippen molar-refractivity contribution < 1.29 is 22.9 Å². The first-order valence-corrected chi connectivity index (χ1v) is 9.97. The molecule has 0 amide bonds. The Balaban J connectivity index is 0.000000446. The van der Waals surface area contributed by atoms with Gasteiger partial charge in [0.15, 0.2) is 0 Å². The third kappa shape index (κ3) is 13.1. The number of hydrogen-bond acceptors (Lipinski definition) is 3. The zero-order valence-corrected chi connectivity index (χ0v) is 15.5. The summed E-state index contributed by atoms with van der Waals surface area (Å²) in [6, 6.07) is 5.99. The van der Waals surface area contributed by atoms with E-state index in [1.54, 1.807) is 12.1 Å². The van der Waals surface area contributed by atoms with Gasteiger partial charge < -0.3 is 5.11 Å². The highest BCUT2D eigenvalue weighted by Gasteiger charge is 2.06. The number of carboxylic acid groups (broad SMARTS) is 1. The maximum absolute atomic E-state index is 10.5. The average molecular weight is 359 g/mol. The van der Waals surface area contributed by atoms with Crippen molar-refractivity contribution in [2.75, 3.05) is 0 Å². The fourth-order valence-electron chi connectivity index (χ4n) is 2.12. The summed E-state index contributed by atoms with van der Waals surface area (Å²) in [5, 5.41) is 8.39. The van der Waals surface area contributed by atoms with Crippen molar-refractivity contribution in [3.63, 3.8) is 0 Å². The van der Waals surface area contributed by atoms with Gasteiger partial charge in [-0.05, 0) is 25.5 Å². The highest BCUT2D eigenvalue weighted by atomic mass is 32.2.